The first-order valence-electron chi connectivity index (χ1n) is 10.00. The minimum Gasteiger partial charge on any atom is -0.466 e. The average molecular weight is 347 g/mol. The number of ether oxygens (including phenoxy) is 1. The maximum atomic E-state index is 11.3. The molecule has 0 aromatic carbocycles. The van der Waals surface area contributed by atoms with Crippen LogP contribution in [0.2, 0.25) is 0 Å². The highest BCUT2D eigenvalue weighted by molar-refractivity contribution is 6.21. The molecule has 0 saturated heterocycles. The number of esters is 1. The van der Waals surface area contributed by atoms with Crippen molar-refractivity contribution in [2.45, 2.75) is 116 Å². The fourth-order valence-corrected chi connectivity index (χ4v) is 3.17. The van der Waals surface area contributed by atoms with E-state index in [2.05, 4.69) is 6.92 Å². The maximum Gasteiger partial charge on any atom is 0.307 e. The number of halogens is 1. The molecule has 0 aliphatic heterocycles. The number of carbonyl (C=O) groups is 1. The van der Waals surface area contributed by atoms with E-state index in [0.717, 1.165) is 12.8 Å². The second kappa shape index (κ2) is 18.1. The monoisotopic (exact) mass is 346 g/mol. The van der Waals surface area contributed by atoms with Gasteiger partial charge >= 0.3 is 5.97 Å². The maximum absolute atomic E-state index is 11.3. The molecule has 138 valence electrons. The molecule has 0 N–H and O–H groups in total. The molecule has 0 rings (SSSR count). The third-order valence-electron chi connectivity index (χ3n) is 4.31. The SMILES string of the molecule is CCCCCCCCCCCCCCCC(Cl)CC(=O)OCC. The summed E-state index contributed by atoms with van der Waals surface area (Å²) in [5, 5.41) is -0.0539. The highest BCUT2D eigenvalue weighted by atomic mass is 35.5. The Hall–Kier alpha value is -0.240. The van der Waals surface area contributed by atoms with E-state index in [9.17, 15) is 4.79 Å². The zero-order valence-corrected chi connectivity index (χ0v) is 16.3. The predicted octanol–water partition coefficient (Wildman–Crippen LogP) is 7.03. The van der Waals surface area contributed by atoms with Crippen LogP contribution in [0.25, 0.3) is 0 Å². The van der Waals surface area contributed by atoms with E-state index in [1.807, 2.05) is 6.92 Å². The molecule has 0 bridgehead atoms. The van der Waals surface area contributed by atoms with Gasteiger partial charge in [0.05, 0.1) is 13.0 Å². The van der Waals surface area contributed by atoms with Crippen molar-refractivity contribution >= 4 is 17.6 Å². The predicted molar refractivity (Wildman–Crippen MR) is 101 cm³/mol. The molecule has 0 fully saturated rings. The number of hydrogen-bond acceptors (Lipinski definition) is 2. The quantitative estimate of drug-likeness (QED) is 0.160. The Morgan fingerprint density at radius 3 is 1.65 bits per heavy atom. The Morgan fingerprint density at radius 1 is 0.783 bits per heavy atom. The second-order valence-electron chi connectivity index (χ2n) is 6.64. The van der Waals surface area contributed by atoms with Gasteiger partial charge in [0.1, 0.15) is 0 Å². The summed E-state index contributed by atoms with van der Waals surface area (Å²) in [4.78, 5) is 11.3. The number of rotatable bonds is 17. The van der Waals surface area contributed by atoms with Crippen LogP contribution in [0.3, 0.4) is 0 Å². The molecular formula is C20H39ClO2. The topological polar surface area (TPSA) is 26.3 Å². The molecule has 0 aromatic heterocycles. The van der Waals surface area contributed by atoms with E-state index in [1.54, 1.807) is 0 Å². The van der Waals surface area contributed by atoms with E-state index < -0.39 is 0 Å². The summed E-state index contributed by atoms with van der Waals surface area (Å²) in [6.07, 6.45) is 18.9. The minimum absolute atomic E-state index is 0.0539. The Kier molecular flexibility index (Phi) is 17.9. The lowest BCUT2D eigenvalue weighted by molar-refractivity contribution is -0.143. The van der Waals surface area contributed by atoms with Crippen LogP contribution in [0.15, 0.2) is 0 Å². The van der Waals surface area contributed by atoms with Gasteiger partial charge in [-0.25, -0.2) is 0 Å². The molecule has 0 aliphatic carbocycles. The third-order valence-corrected chi connectivity index (χ3v) is 4.69. The van der Waals surface area contributed by atoms with Gasteiger partial charge in [-0.05, 0) is 13.3 Å². The van der Waals surface area contributed by atoms with Crippen molar-refractivity contribution in [3.05, 3.63) is 0 Å². The molecule has 0 spiro atoms. The van der Waals surface area contributed by atoms with Gasteiger partial charge in [0.2, 0.25) is 0 Å². The molecule has 0 aromatic rings. The standard InChI is InChI=1S/C20H39ClO2/c1-3-5-6-7-8-9-10-11-12-13-14-15-16-17-19(21)18-20(22)23-4-2/h19H,3-18H2,1-2H3. The molecule has 0 aliphatic rings. The Bertz CT molecular complexity index is 256. The highest BCUT2D eigenvalue weighted by Gasteiger charge is 2.11. The second-order valence-corrected chi connectivity index (χ2v) is 7.25. The van der Waals surface area contributed by atoms with Crippen molar-refractivity contribution in [1.82, 2.24) is 0 Å². The van der Waals surface area contributed by atoms with E-state index in [1.165, 1.54) is 77.0 Å². The van der Waals surface area contributed by atoms with Gasteiger partial charge in [-0.3, -0.25) is 4.79 Å². The molecule has 1 unspecified atom stereocenters. The molecular weight excluding hydrogens is 308 g/mol. The van der Waals surface area contributed by atoms with Crippen LogP contribution in [-0.4, -0.2) is 18.0 Å². The first-order chi connectivity index (χ1) is 11.2. The molecule has 0 amide bonds. The summed E-state index contributed by atoms with van der Waals surface area (Å²) >= 11 is 6.15. The van der Waals surface area contributed by atoms with E-state index >= 15 is 0 Å². The van der Waals surface area contributed by atoms with Crippen LogP contribution in [-0.2, 0) is 9.53 Å². The molecule has 1 atom stereocenters. The number of alkyl halides is 1. The van der Waals surface area contributed by atoms with E-state index in [0.29, 0.717) is 13.0 Å². The van der Waals surface area contributed by atoms with Gasteiger partial charge in [-0.1, -0.05) is 90.4 Å². The largest absolute Gasteiger partial charge is 0.466 e. The van der Waals surface area contributed by atoms with Crippen molar-refractivity contribution in [3.8, 4) is 0 Å². The van der Waals surface area contributed by atoms with Crippen molar-refractivity contribution in [2.24, 2.45) is 0 Å². The third kappa shape index (κ3) is 17.9. The molecule has 2 nitrogen and oxygen atoms in total. The summed E-state index contributed by atoms with van der Waals surface area (Å²) in [6, 6.07) is 0. The number of unbranched alkanes of at least 4 members (excludes halogenated alkanes) is 12. The zero-order valence-electron chi connectivity index (χ0n) is 15.6. The van der Waals surface area contributed by atoms with Gasteiger partial charge in [-0.2, -0.15) is 0 Å². The van der Waals surface area contributed by atoms with Crippen molar-refractivity contribution in [1.29, 1.82) is 0 Å². The van der Waals surface area contributed by atoms with Crippen LogP contribution in [0.5, 0.6) is 0 Å². The first-order valence-corrected chi connectivity index (χ1v) is 10.4. The molecule has 0 heterocycles. The van der Waals surface area contributed by atoms with Gasteiger partial charge in [0.15, 0.2) is 0 Å². The van der Waals surface area contributed by atoms with Crippen molar-refractivity contribution in [2.75, 3.05) is 6.61 Å². The number of carbonyl (C=O) groups excluding carboxylic acids is 1. The summed E-state index contributed by atoms with van der Waals surface area (Å²) in [5.41, 5.74) is 0. The van der Waals surface area contributed by atoms with Crippen LogP contribution in [0.1, 0.15) is 110 Å². The lowest BCUT2D eigenvalue weighted by Crippen LogP contribution is -2.11. The average Bonchev–Trinajstić information content (AvgIpc) is 2.52. The van der Waals surface area contributed by atoms with Crippen LogP contribution < -0.4 is 0 Å². The molecule has 23 heavy (non-hydrogen) atoms. The van der Waals surface area contributed by atoms with Crippen LogP contribution in [0, 0.1) is 0 Å². The molecule has 3 heteroatoms. The summed E-state index contributed by atoms with van der Waals surface area (Å²) in [5.74, 6) is -0.165. The lowest BCUT2D eigenvalue weighted by atomic mass is 10.0. The lowest BCUT2D eigenvalue weighted by Gasteiger charge is -2.08. The molecule has 0 saturated carbocycles. The Morgan fingerprint density at radius 2 is 1.22 bits per heavy atom. The Labute approximate surface area is 149 Å². The van der Waals surface area contributed by atoms with Gasteiger partial charge in [0, 0.05) is 5.38 Å². The first kappa shape index (κ1) is 22.8. The summed E-state index contributed by atoms with van der Waals surface area (Å²) < 4.78 is 4.91. The summed E-state index contributed by atoms with van der Waals surface area (Å²) in [6.45, 7) is 4.54. The fourth-order valence-electron chi connectivity index (χ4n) is 2.89. The normalized spacial score (nSPS) is 12.3. The number of hydrogen-bond donors (Lipinski definition) is 0. The van der Waals surface area contributed by atoms with Gasteiger partial charge < -0.3 is 4.74 Å². The smallest absolute Gasteiger partial charge is 0.307 e. The van der Waals surface area contributed by atoms with Crippen molar-refractivity contribution < 1.29 is 9.53 Å². The molecule has 0 radical (unpaired) electrons. The van der Waals surface area contributed by atoms with E-state index in [4.69, 9.17) is 16.3 Å². The van der Waals surface area contributed by atoms with Crippen LogP contribution >= 0.6 is 11.6 Å². The van der Waals surface area contributed by atoms with Gasteiger partial charge in [0.25, 0.3) is 0 Å². The summed E-state index contributed by atoms with van der Waals surface area (Å²) in [7, 11) is 0. The van der Waals surface area contributed by atoms with Crippen molar-refractivity contribution in [3.63, 3.8) is 0 Å². The fraction of sp³-hybridized carbons (Fsp3) is 0.950. The highest BCUT2D eigenvalue weighted by Crippen LogP contribution is 2.16. The van der Waals surface area contributed by atoms with Gasteiger partial charge in [-0.15, -0.1) is 11.6 Å². The zero-order chi connectivity index (χ0) is 17.2. The van der Waals surface area contributed by atoms with Crippen LogP contribution in [0.4, 0.5) is 0 Å². The minimum atomic E-state index is -0.165. The Balaban J connectivity index is 3.17. The van der Waals surface area contributed by atoms with E-state index in [-0.39, 0.29) is 11.3 Å².